The van der Waals surface area contributed by atoms with Crippen LogP contribution in [0.3, 0.4) is 0 Å². The summed E-state index contributed by atoms with van der Waals surface area (Å²) < 4.78 is 0. The van der Waals surface area contributed by atoms with Crippen molar-refractivity contribution in [1.82, 2.24) is 5.32 Å². The standard InChI is InChI=1S/C13H21NOS/c1-3-12(9-15)14-13(10-16-2)11-7-5-4-6-8-11/h4-8,12-15H,3,9-10H2,1-2H3/t12-,13?/m1/s1. The van der Waals surface area contributed by atoms with Gasteiger partial charge in [0.25, 0.3) is 0 Å². The predicted octanol–water partition coefficient (Wildman–Crippen LogP) is 2.45. The molecule has 0 heterocycles. The molecule has 0 aliphatic carbocycles. The number of aliphatic hydroxyl groups excluding tert-OH is 1. The van der Waals surface area contributed by atoms with Crippen LogP contribution in [0.1, 0.15) is 24.9 Å². The maximum atomic E-state index is 9.22. The van der Waals surface area contributed by atoms with Gasteiger partial charge in [-0.1, -0.05) is 37.3 Å². The van der Waals surface area contributed by atoms with Crippen LogP contribution in [0.2, 0.25) is 0 Å². The van der Waals surface area contributed by atoms with Gasteiger partial charge in [-0.15, -0.1) is 0 Å². The van der Waals surface area contributed by atoms with E-state index in [0.29, 0.717) is 6.04 Å². The molecule has 1 aromatic rings. The minimum atomic E-state index is 0.192. The fraction of sp³-hybridized carbons (Fsp3) is 0.538. The summed E-state index contributed by atoms with van der Waals surface area (Å²) in [5.41, 5.74) is 1.30. The van der Waals surface area contributed by atoms with Crippen LogP contribution >= 0.6 is 11.8 Å². The number of hydrogen-bond donors (Lipinski definition) is 2. The molecule has 0 saturated heterocycles. The lowest BCUT2D eigenvalue weighted by Gasteiger charge is -2.23. The van der Waals surface area contributed by atoms with E-state index >= 15 is 0 Å². The second-order valence-electron chi connectivity index (χ2n) is 3.87. The van der Waals surface area contributed by atoms with E-state index in [1.165, 1.54) is 5.56 Å². The monoisotopic (exact) mass is 239 g/mol. The summed E-state index contributed by atoms with van der Waals surface area (Å²) in [7, 11) is 0. The molecular weight excluding hydrogens is 218 g/mol. The first kappa shape index (κ1) is 13.6. The van der Waals surface area contributed by atoms with Crippen LogP contribution in [-0.2, 0) is 0 Å². The van der Waals surface area contributed by atoms with Crippen molar-refractivity contribution in [3.63, 3.8) is 0 Å². The zero-order chi connectivity index (χ0) is 11.8. The molecule has 0 radical (unpaired) electrons. The van der Waals surface area contributed by atoms with Crippen molar-refractivity contribution in [2.75, 3.05) is 18.6 Å². The van der Waals surface area contributed by atoms with Gasteiger partial charge in [-0.2, -0.15) is 11.8 Å². The number of rotatable bonds is 7. The van der Waals surface area contributed by atoms with Gasteiger partial charge in [-0.25, -0.2) is 0 Å². The molecule has 1 aromatic carbocycles. The quantitative estimate of drug-likeness (QED) is 0.766. The average Bonchev–Trinajstić information content (AvgIpc) is 2.35. The van der Waals surface area contributed by atoms with E-state index in [2.05, 4.69) is 42.8 Å². The molecule has 0 amide bonds. The van der Waals surface area contributed by atoms with Crippen molar-refractivity contribution in [2.24, 2.45) is 0 Å². The molecule has 1 unspecified atom stereocenters. The van der Waals surface area contributed by atoms with Crippen LogP contribution in [-0.4, -0.2) is 29.8 Å². The van der Waals surface area contributed by atoms with Gasteiger partial charge >= 0.3 is 0 Å². The predicted molar refractivity (Wildman–Crippen MR) is 71.9 cm³/mol. The van der Waals surface area contributed by atoms with Crippen LogP contribution in [0.4, 0.5) is 0 Å². The van der Waals surface area contributed by atoms with Gasteiger partial charge in [0.1, 0.15) is 0 Å². The Kier molecular flexibility index (Phi) is 6.53. The molecule has 0 aliphatic rings. The largest absolute Gasteiger partial charge is 0.395 e. The average molecular weight is 239 g/mol. The van der Waals surface area contributed by atoms with Crippen molar-refractivity contribution >= 4 is 11.8 Å². The lowest BCUT2D eigenvalue weighted by Crippen LogP contribution is -2.36. The van der Waals surface area contributed by atoms with Crippen LogP contribution in [0.5, 0.6) is 0 Å². The maximum absolute atomic E-state index is 9.22. The fourth-order valence-electron chi connectivity index (χ4n) is 1.68. The van der Waals surface area contributed by atoms with Crippen LogP contribution < -0.4 is 5.32 Å². The first-order chi connectivity index (χ1) is 7.81. The Morgan fingerprint density at radius 3 is 2.50 bits per heavy atom. The zero-order valence-electron chi connectivity index (χ0n) is 10.0. The third-order valence-electron chi connectivity index (χ3n) is 2.69. The van der Waals surface area contributed by atoms with E-state index in [1.54, 1.807) is 0 Å². The van der Waals surface area contributed by atoms with Crippen molar-refractivity contribution in [3.05, 3.63) is 35.9 Å². The van der Waals surface area contributed by atoms with Crippen LogP contribution in [0.25, 0.3) is 0 Å². The molecular formula is C13H21NOS. The highest BCUT2D eigenvalue weighted by Crippen LogP contribution is 2.17. The summed E-state index contributed by atoms with van der Waals surface area (Å²) in [6.07, 6.45) is 3.06. The molecule has 16 heavy (non-hydrogen) atoms. The fourth-order valence-corrected chi connectivity index (χ4v) is 2.30. The Morgan fingerprint density at radius 2 is 2.00 bits per heavy atom. The third-order valence-corrected chi connectivity index (χ3v) is 3.35. The summed E-state index contributed by atoms with van der Waals surface area (Å²) in [5.74, 6) is 1.03. The smallest absolute Gasteiger partial charge is 0.0584 e. The first-order valence-electron chi connectivity index (χ1n) is 5.72. The SMILES string of the molecule is CC[C@H](CO)NC(CSC)c1ccccc1. The second kappa shape index (κ2) is 7.71. The molecule has 0 aromatic heterocycles. The van der Waals surface area contributed by atoms with Crippen molar-refractivity contribution < 1.29 is 5.11 Å². The summed E-state index contributed by atoms with van der Waals surface area (Å²) in [6, 6.07) is 10.9. The second-order valence-corrected chi connectivity index (χ2v) is 4.78. The van der Waals surface area contributed by atoms with Crippen molar-refractivity contribution in [1.29, 1.82) is 0 Å². The lowest BCUT2D eigenvalue weighted by molar-refractivity contribution is 0.230. The molecule has 2 atom stereocenters. The lowest BCUT2D eigenvalue weighted by atomic mass is 10.1. The topological polar surface area (TPSA) is 32.3 Å². The number of thioether (sulfide) groups is 1. The Hall–Kier alpha value is -0.510. The molecule has 0 bridgehead atoms. The highest BCUT2D eigenvalue weighted by Gasteiger charge is 2.14. The van der Waals surface area contributed by atoms with E-state index < -0.39 is 0 Å². The first-order valence-corrected chi connectivity index (χ1v) is 7.12. The van der Waals surface area contributed by atoms with E-state index in [1.807, 2.05) is 17.8 Å². The highest BCUT2D eigenvalue weighted by molar-refractivity contribution is 7.98. The minimum absolute atomic E-state index is 0.192. The maximum Gasteiger partial charge on any atom is 0.0584 e. The summed E-state index contributed by atoms with van der Waals surface area (Å²) in [4.78, 5) is 0. The highest BCUT2D eigenvalue weighted by atomic mass is 32.2. The van der Waals surface area contributed by atoms with E-state index in [0.717, 1.165) is 12.2 Å². The van der Waals surface area contributed by atoms with Crippen LogP contribution in [0.15, 0.2) is 30.3 Å². The summed E-state index contributed by atoms with van der Waals surface area (Å²) in [6.45, 7) is 2.29. The molecule has 0 saturated carbocycles. The van der Waals surface area contributed by atoms with Gasteiger partial charge in [0.05, 0.1) is 6.61 Å². The van der Waals surface area contributed by atoms with Gasteiger partial charge in [0.15, 0.2) is 0 Å². The molecule has 0 fully saturated rings. The molecule has 2 nitrogen and oxygen atoms in total. The Morgan fingerprint density at radius 1 is 1.31 bits per heavy atom. The van der Waals surface area contributed by atoms with Crippen molar-refractivity contribution in [3.8, 4) is 0 Å². The molecule has 90 valence electrons. The Labute approximate surface area is 102 Å². The number of nitrogens with one attached hydrogen (secondary N) is 1. The third kappa shape index (κ3) is 4.16. The van der Waals surface area contributed by atoms with Gasteiger partial charge in [0, 0.05) is 17.8 Å². The molecule has 0 aliphatic heterocycles. The van der Waals surface area contributed by atoms with Crippen LogP contribution in [0, 0.1) is 0 Å². The van der Waals surface area contributed by atoms with Gasteiger partial charge in [-0.05, 0) is 18.2 Å². The summed E-state index contributed by atoms with van der Waals surface area (Å²) >= 11 is 1.82. The molecule has 3 heteroatoms. The Balaban J connectivity index is 2.67. The normalized spacial score (nSPS) is 14.7. The minimum Gasteiger partial charge on any atom is -0.395 e. The van der Waals surface area contributed by atoms with Crippen molar-refractivity contribution in [2.45, 2.75) is 25.4 Å². The Bertz CT molecular complexity index is 275. The van der Waals surface area contributed by atoms with Gasteiger partial charge in [0.2, 0.25) is 0 Å². The van der Waals surface area contributed by atoms with E-state index in [9.17, 15) is 5.11 Å². The molecule has 0 spiro atoms. The van der Waals surface area contributed by atoms with Gasteiger partial charge < -0.3 is 10.4 Å². The number of aliphatic hydroxyl groups is 1. The van der Waals surface area contributed by atoms with E-state index in [4.69, 9.17) is 0 Å². The zero-order valence-corrected chi connectivity index (χ0v) is 10.8. The number of hydrogen-bond acceptors (Lipinski definition) is 3. The summed E-state index contributed by atoms with van der Waals surface area (Å²) in [5, 5.41) is 12.7. The number of benzene rings is 1. The van der Waals surface area contributed by atoms with E-state index in [-0.39, 0.29) is 12.6 Å². The van der Waals surface area contributed by atoms with Gasteiger partial charge in [-0.3, -0.25) is 0 Å². The molecule has 2 N–H and O–H groups in total. The molecule has 1 rings (SSSR count).